The van der Waals surface area contributed by atoms with Crippen molar-refractivity contribution in [2.45, 2.75) is 13.8 Å². The molecule has 22 heavy (non-hydrogen) atoms. The van der Waals surface area contributed by atoms with Crippen molar-refractivity contribution < 1.29 is 4.39 Å². The first-order valence-corrected chi connectivity index (χ1v) is 7.85. The lowest BCUT2D eigenvalue weighted by molar-refractivity contribution is 0.619. The minimum Gasteiger partial charge on any atom is -0.316 e. The second-order valence-electron chi connectivity index (χ2n) is 4.87. The molecule has 6 heteroatoms. The van der Waals surface area contributed by atoms with Gasteiger partial charge >= 0.3 is 0 Å². The van der Waals surface area contributed by atoms with Crippen molar-refractivity contribution in [2.24, 2.45) is 0 Å². The predicted octanol–water partition coefficient (Wildman–Crippen LogP) is 5.36. The van der Waals surface area contributed by atoms with Gasteiger partial charge in [0.25, 0.3) is 0 Å². The Kier molecular flexibility index (Phi) is 4.09. The third kappa shape index (κ3) is 3.10. The number of halogens is 2. The highest BCUT2D eigenvalue weighted by Gasteiger charge is 2.11. The number of hydrogen-bond donors (Lipinski definition) is 1. The van der Waals surface area contributed by atoms with Crippen LogP contribution in [0.3, 0.4) is 0 Å². The number of nitrogens with zero attached hydrogens (tertiary/aromatic N) is 2. The summed E-state index contributed by atoms with van der Waals surface area (Å²) in [7, 11) is 0. The molecule has 1 aromatic carbocycles. The fourth-order valence-corrected chi connectivity index (χ4v) is 3.02. The summed E-state index contributed by atoms with van der Waals surface area (Å²) >= 11 is 7.35. The van der Waals surface area contributed by atoms with E-state index in [2.05, 4.69) is 15.3 Å². The van der Waals surface area contributed by atoms with Gasteiger partial charge in [0.15, 0.2) is 5.13 Å². The summed E-state index contributed by atoms with van der Waals surface area (Å²) in [5.41, 5.74) is 2.37. The van der Waals surface area contributed by atoms with E-state index in [9.17, 15) is 4.39 Å². The van der Waals surface area contributed by atoms with Gasteiger partial charge in [-0.25, -0.2) is 14.4 Å². The molecule has 0 saturated heterocycles. The van der Waals surface area contributed by atoms with E-state index in [1.165, 1.54) is 17.4 Å². The largest absolute Gasteiger partial charge is 0.316 e. The number of hydrogen-bond acceptors (Lipinski definition) is 4. The summed E-state index contributed by atoms with van der Waals surface area (Å²) in [6.45, 7) is 3.74. The Morgan fingerprint density at radius 2 is 2.00 bits per heavy atom. The van der Waals surface area contributed by atoms with Gasteiger partial charge in [-0.2, -0.15) is 0 Å². The van der Waals surface area contributed by atoms with Gasteiger partial charge in [-0.1, -0.05) is 11.6 Å². The number of thiazole rings is 1. The molecule has 1 N–H and O–H groups in total. The Morgan fingerprint density at radius 1 is 1.18 bits per heavy atom. The normalized spacial score (nSPS) is 10.7. The van der Waals surface area contributed by atoms with Crippen LogP contribution < -0.4 is 5.32 Å². The molecule has 0 atom stereocenters. The van der Waals surface area contributed by atoms with E-state index in [0.717, 1.165) is 21.3 Å². The fraction of sp³-hybridized carbons (Fsp3) is 0.125. The molecule has 0 bridgehead atoms. The molecule has 0 unspecified atom stereocenters. The van der Waals surface area contributed by atoms with Crippen LogP contribution in [0.4, 0.5) is 15.3 Å². The summed E-state index contributed by atoms with van der Waals surface area (Å²) < 4.78 is 13.4. The van der Waals surface area contributed by atoms with Crippen LogP contribution in [0.1, 0.15) is 10.4 Å². The second-order valence-corrected chi connectivity index (χ2v) is 6.51. The van der Waals surface area contributed by atoms with Gasteiger partial charge in [-0.05, 0) is 49.7 Å². The highest BCUT2D eigenvalue weighted by atomic mass is 35.5. The first-order chi connectivity index (χ1) is 10.5. The van der Waals surface area contributed by atoms with Crippen molar-refractivity contribution in [1.29, 1.82) is 0 Å². The summed E-state index contributed by atoms with van der Waals surface area (Å²) in [6, 6.07) is 8.58. The highest BCUT2D eigenvalue weighted by Crippen LogP contribution is 2.32. The smallest absolute Gasteiger partial charge is 0.189 e. The summed E-state index contributed by atoms with van der Waals surface area (Å²) in [5, 5.41) is 4.48. The molecule has 3 nitrogen and oxygen atoms in total. The van der Waals surface area contributed by atoms with Crippen LogP contribution in [0.25, 0.3) is 11.3 Å². The zero-order chi connectivity index (χ0) is 15.7. The minimum atomic E-state index is -0.208. The maximum absolute atomic E-state index is 13.4. The SMILES string of the molecule is Cc1cc(-c2nc(Nc3ccc(Cl)cn3)sc2C)ccc1F. The van der Waals surface area contributed by atoms with Crippen LogP contribution in [0.2, 0.25) is 5.02 Å². The van der Waals surface area contributed by atoms with Crippen LogP contribution in [0.5, 0.6) is 0 Å². The standard InChI is InChI=1S/C16H13ClFN3S/c1-9-7-11(3-5-13(9)18)15-10(2)22-16(21-15)20-14-6-4-12(17)8-19-14/h3-8H,1-2H3,(H,19,20,21). The van der Waals surface area contributed by atoms with Crippen molar-refractivity contribution in [2.75, 3.05) is 5.32 Å². The lowest BCUT2D eigenvalue weighted by Gasteiger charge is -2.02. The molecule has 3 aromatic rings. The van der Waals surface area contributed by atoms with E-state index >= 15 is 0 Å². The third-order valence-corrected chi connectivity index (χ3v) is 4.30. The van der Waals surface area contributed by atoms with E-state index in [1.54, 1.807) is 31.3 Å². The van der Waals surface area contributed by atoms with E-state index in [-0.39, 0.29) is 5.82 Å². The summed E-state index contributed by atoms with van der Waals surface area (Å²) in [4.78, 5) is 9.82. The first kappa shape index (κ1) is 14.9. The number of aromatic nitrogens is 2. The average Bonchev–Trinajstić information content (AvgIpc) is 2.85. The van der Waals surface area contributed by atoms with Gasteiger partial charge in [-0.15, -0.1) is 11.3 Å². The monoisotopic (exact) mass is 333 g/mol. The molecule has 0 radical (unpaired) electrons. The Balaban J connectivity index is 1.90. The topological polar surface area (TPSA) is 37.8 Å². The molecule has 0 aliphatic rings. The third-order valence-electron chi connectivity index (χ3n) is 3.19. The fourth-order valence-electron chi connectivity index (χ4n) is 2.07. The van der Waals surface area contributed by atoms with Crippen LogP contribution in [0.15, 0.2) is 36.5 Å². The van der Waals surface area contributed by atoms with Crippen LogP contribution in [-0.4, -0.2) is 9.97 Å². The van der Waals surface area contributed by atoms with Gasteiger partial charge in [0.2, 0.25) is 0 Å². The van der Waals surface area contributed by atoms with Crippen LogP contribution in [-0.2, 0) is 0 Å². The Bertz CT molecular complexity index is 815. The molecule has 0 amide bonds. The van der Waals surface area contributed by atoms with E-state index in [4.69, 9.17) is 11.6 Å². The Morgan fingerprint density at radius 3 is 2.68 bits per heavy atom. The van der Waals surface area contributed by atoms with E-state index in [1.807, 2.05) is 13.0 Å². The van der Waals surface area contributed by atoms with Crippen molar-refractivity contribution >= 4 is 33.9 Å². The molecule has 2 aromatic heterocycles. The number of anilines is 2. The van der Waals surface area contributed by atoms with E-state index in [0.29, 0.717) is 16.4 Å². The number of benzene rings is 1. The number of nitrogens with one attached hydrogen (secondary N) is 1. The zero-order valence-electron chi connectivity index (χ0n) is 12.0. The lowest BCUT2D eigenvalue weighted by atomic mass is 10.1. The van der Waals surface area contributed by atoms with Crippen LogP contribution >= 0.6 is 22.9 Å². The zero-order valence-corrected chi connectivity index (χ0v) is 13.6. The molecule has 0 fully saturated rings. The molecule has 0 aliphatic carbocycles. The highest BCUT2D eigenvalue weighted by molar-refractivity contribution is 7.16. The average molecular weight is 334 g/mol. The first-order valence-electron chi connectivity index (χ1n) is 6.65. The molecular formula is C16H13ClFN3S. The van der Waals surface area contributed by atoms with Crippen molar-refractivity contribution in [3.05, 3.63) is 57.8 Å². The number of aryl methyl sites for hydroxylation is 2. The maximum atomic E-state index is 13.4. The molecule has 3 rings (SSSR count). The quantitative estimate of drug-likeness (QED) is 0.701. The van der Waals surface area contributed by atoms with Gasteiger partial charge in [0.1, 0.15) is 11.6 Å². The maximum Gasteiger partial charge on any atom is 0.189 e. The Hall–Kier alpha value is -1.98. The minimum absolute atomic E-state index is 0.208. The lowest BCUT2D eigenvalue weighted by Crippen LogP contribution is -1.92. The van der Waals surface area contributed by atoms with Crippen molar-refractivity contribution in [3.63, 3.8) is 0 Å². The summed E-state index contributed by atoms with van der Waals surface area (Å²) in [6.07, 6.45) is 1.58. The number of pyridine rings is 1. The predicted molar refractivity (Wildman–Crippen MR) is 89.5 cm³/mol. The molecular weight excluding hydrogens is 321 g/mol. The van der Waals surface area contributed by atoms with E-state index < -0.39 is 0 Å². The molecule has 0 spiro atoms. The van der Waals surface area contributed by atoms with Crippen LogP contribution in [0, 0.1) is 19.7 Å². The van der Waals surface area contributed by atoms with Gasteiger partial charge in [-0.3, -0.25) is 0 Å². The summed E-state index contributed by atoms with van der Waals surface area (Å²) in [5.74, 6) is 0.473. The second kappa shape index (κ2) is 6.02. The molecule has 112 valence electrons. The van der Waals surface area contributed by atoms with Gasteiger partial charge in [0.05, 0.1) is 10.7 Å². The number of rotatable bonds is 3. The Labute approximate surface area is 136 Å². The van der Waals surface area contributed by atoms with Crippen molar-refractivity contribution in [3.8, 4) is 11.3 Å². The van der Waals surface area contributed by atoms with Crippen molar-refractivity contribution in [1.82, 2.24) is 9.97 Å². The van der Waals surface area contributed by atoms with Gasteiger partial charge < -0.3 is 5.32 Å². The molecule has 0 saturated carbocycles. The molecule has 0 aliphatic heterocycles. The molecule has 2 heterocycles. The van der Waals surface area contributed by atoms with Gasteiger partial charge in [0, 0.05) is 16.6 Å².